The van der Waals surface area contributed by atoms with Gasteiger partial charge in [0.15, 0.2) is 0 Å². The maximum Gasteiger partial charge on any atom is 0.261 e. The van der Waals surface area contributed by atoms with Crippen molar-refractivity contribution in [2.75, 3.05) is 13.7 Å². The topological polar surface area (TPSA) is 58.6 Å². The number of nitrogens with one attached hydrogen (secondary N) is 1. The number of amides is 1. The quantitative estimate of drug-likeness (QED) is 0.858. The summed E-state index contributed by atoms with van der Waals surface area (Å²) in [6.45, 7) is 0.538. The minimum absolute atomic E-state index is 0.144. The van der Waals surface area contributed by atoms with Crippen molar-refractivity contribution in [3.05, 3.63) is 56.7 Å². The second-order valence-electron chi connectivity index (χ2n) is 4.49. The molecule has 2 rings (SSSR count). The van der Waals surface area contributed by atoms with E-state index in [9.17, 15) is 9.90 Å². The summed E-state index contributed by atoms with van der Waals surface area (Å²) in [6.07, 6.45) is -0.767. The van der Waals surface area contributed by atoms with Gasteiger partial charge in [-0.15, -0.1) is 11.3 Å². The number of aliphatic hydroxyl groups is 1. The molecule has 0 radical (unpaired) electrons. The largest absolute Gasteiger partial charge is 0.387 e. The number of ether oxygens (including phenoxy) is 1. The van der Waals surface area contributed by atoms with E-state index in [-0.39, 0.29) is 12.5 Å². The predicted octanol–water partition coefficient (Wildman–Crippen LogP) is 3.01. The Kier molecular flexibility index (Phi) is 5.76. The lowest BCUT2D eigenvalue weighted by Crippen LogP contribution is -2.28. The third-order valence-electron chi connectivity index (χ3n) is 2.96. The number of hydrogen-bond acceptors (Lipinski definition) is 4. The summed E-state index contributed by atoms with van der Waals surface area (Å²) in [4.78, 5) is 12.7. The Morgan fingerprint density at radius 3 is 2.76 bits per heavy atom. The van der Waals surface area contributed by atoms with Crippen LogP contribution in [0.15, 0.2) is 35.7 Å². The Labute approximate surface area is 132 Å². The molecule has 0 fully saturated rings. The highest BCUT2D eigenvalue weighted by atomic mass is 35.5. The zero-order valence-corrected chi connectivity index (χ0v) is 13.1. The Bertz CT molecular complexity index is 597. The first-order valence-electron chi connectivity index (χ1n) is 6.39. The standard InChI is InChI=1S/C15H16ClNO3S/c1-20-9-11-6-7-21-14(11)15(19)17-8-13(18)10-2-4-12(16)5-3-10/h2-7,13,18H,8-9H2,1H3,(H,17,19). The number of halogens is 1. The number of aliphatic hydroxyl groups excluding tert-OH is 1. The van der Waals surface area contributed by atoms with Gasteiger partial charge in [-0.3, -0.25) is 4.79 Å². The first-order chi connectivity index (χ1) is 10.1. The summed E-state index contributed by atoms with van der Waals surface area (Å²) < 4.78 is 5.05. The lowest BCUT2D eigenvalue weighted by molar-refractivity contribution is 0.0916. The average molecular weight is 326 g/mol. The van der Waals surface area contributed by atoms with E-state index in [1.165, 1.54) is 11.3 Å². The summed E-state index contributed by atoms with van der Waals surface area (Å²) in [5.41, 5.74) is 1.56. The van der Waals surface area contributed by atoms with Crippen LogP contribution in [0.3, 0.4) is 0 Å². The predicted molar refractivity (Wildman–Crippen MR) is 83.8 cm³/mol. The highest BCUT2D eigenvalue weighted by molar-refractivity contribution is 7.12. The average Bonchev–Trinajstić information content (AvgIpc) is 2.94. The van der Waals surface area contributed by atoms with Gasteiger partial charge in [-0.05, 0) is 29.1 Å². The Hall–Kier alpha value is -1.40. The van der Waals surface area contributed by atoms with E-state index in [4.69, 9.17) is 16.3 Å². The molecule has 21 heavy (non-hydrogen) atoms. The number of hydrogen-bond donors (Lipinski definition) is 2. The van der Waals surface area contributed by atoms with Crippen LogP contribution in [0.1, 0.15) is 26.9 Å². The third-order valence-corrected chi connectivity index (χ3v) is 4.17. The zero-order valence-electron chi connectivity index (χ0n) is 11.5. The van der Waals surface area contributed by atoms with Crippen LogP contribution in [0.4, 0.5) is 0 Å². The van der Waals surface area contributed by atoms with Crippen molar-refractivity contribution in [2.45, 2.75) is 12.7 Å². The van der Waals surface area contributed by atoms with Gasteiger partial charge in [-0.1, -0.05) is 23.7 Å². The second-order valence-corrected chi connectivity index (χ2v) is 5.84. The van der Waals surface area contributed by atoms with Crippen molar-refractivity contribution < 1.29 is 14.6 Å². The summed E-state index contributed by atoms with van der Waals surface area (Å²) >= 11 is 7.15. The van der Waals surface area contributed by atoms with E-state index in [1.54, 1.807) is 31.4 Å². The molecule has 0 saturated heterocycles. The first kappa shape index (κ1) is 16.0. The van der Waals surface area contributed by atoms with Gasteiger partial charge < -0.3 is 15.2 Å². The van der Waals surface area contributed by atoms with Gasteiger partial charge >= 0.3 is 0 Å². The molecule has 112 valence electrons. The van der Waals surface area contributed by atoms with Crippen molar-refractivity contribution in [3.8, 4) is 0 Å². The molecule has 4 nitrogen and oxygen atoms in total. The van der Waals surface area contributed by atoms with Crippen LogP contribution >= 0.6 is 22.9 Å². The lowest BCUT2D eigenvalue weighted by atomic mass is 10.1. The van der Waals surface area contributed by atoms with Crippen molar-refractivity contribution in [1.29, 1.82) is 0 Å². The van der Waals surface area contributed by atoms with E-state index in [2.05, 4.69) is 5.32 Å². The molecule has 2 aromatic rings. The molecule has 1 aromatic heterocycles. The molecule has 0 spiro atoms. The number of carbonyl (C=O) groups is 1. The molecule has 0 saturated carbocycles. The maximum atomic E-state index is 12.1. The molecule has 0 aliphatic rings. The van der Waals surface area contributed by atoms with E-state index in [1.807, 2.05) is 11.4 Å². The number of carbonyl (C=O) groups excluding carboxylic acids is 1. The van der Waals surface area contributed by atoms with E-state index in [0.29, 0.717) is 22.1 Å². The number of methoxy groups -OCH3 is 1. The molecule has 1 amide bonds. The van der Waals surface area contributed by atoms with Crippen LogP contribution in [-0.4, -0.2) is 24.7 Å². The van der Waals surface area contributed by atoms with Gasteiger partial charge in [0.25, 0.3) is 5.91 Å². The molecule has 0 aliphatic carbocycles. The Balaban J connectivity index is 1.94. The molecule has 6 heteroatoms. The van der Waals surface area contributed by atoms with Gasteiger partial charge in [0.05, 0.1) is 17.6 Å². The summed E-state index contributed by atoms with van der Waals surface area (Å²) in [7, 11) is 1.59. The molecule has 0 bridgehead atoms. The maximum absolute atomic E-state index is 12.1. The normalized spacial score (nSPS) is 12.1. The highest BCUT2D eigenvalue weighted by Crippen LogP contribution is 2.19. The van der Waals surface area contributed by atoms with Crippen LogP contribution < -0.4 is 5.32 Å². The van der Waals surface area contributed by atoms with Gasteiger partial charge in [0.1, 0.15) is 0 Å². The van der Waals surface area contributed by atoms with Crippen molar-refractivity contribution >= 4 is 28.8 Å². The van der Waals surface area contributed by atoms with Gasteiger partial charge in [0, 0.05) is 24.2 Å². The zero-order chi connectivity index (χ0) is 15.2. The second kappa shape index (κ2) is 7.56. The first-order valence-corrected chi connectivity index (χ1v) is 7.64. The van der Waals surface area contributed by atoms with Crippen molar-refractivity contribution in [3.63, 3.8) is 0 Å². The molecule has 1 unspecified atom stereocenters. The number of benzene rings is 1. The molecular weight excluding hydrogens is 310 g/mol. The molecule has 0 aliphatic heterocycles. The monoisotopic (exact) mass is 325 g/mol. The molecular formula is C15H16ClNO3S. The fourth-order valence-corrected chi connectivity index (χ4v) is 2.83. The van der Waals surface area contributed by atoms with Crippen LogP contribution in [-0.2, 0) is 11.3 Å². The fourth-order valence-electron chi connectivity index (χ4n) is 1.88. The van der Waals surface area contributed by atoms with Gasteiger partial charge in [-0.2, -0.15) is 0 Å². The lowest BCUT2D eigenvalue weighted by Gasteiger charge is -2.12. The minimum Gasteiger partial charge on any atom is -0.387 e. The van der Waals surface area contributed by atoms with Gasteiger partial charge in [-0.25, -0.2) is 0 Å². The Morgan fingerprint density at radius 1 is 1.38 bits per heavy atom. The fraction of sp³-hybridized carbons (Fsp3) is 0.267. The SMILES string of the molecule is COCc1ccsc1C(=O)NCC(O)c1ccc(Cl)cc1. The smallest absolute Gasteiger partial charge is 0.261 e. The van der Waals surface area contributed by atoms with E-state index < -0.39 is 6.10 Å². The summed E-state index contributed by atoms with van der Waals surface area (Å²) in [5, 5.41) is 15.2. The summed E-state index contributed by atoms with van der Waals surface area (Å²) in [6, 6.07) is 8.75. The Morgan fingerprint density at radius 2 is 2.10 bits per heavy atom. The van der Waals surface area contributed by atoms with Crippen LogP contribution in [0.5, 0.6) is 0 Å². The molecule has 1 aromatic carbocycles. The van der Waals surface area contributed by atoms with Gasteiger partial charge in [0.2, 0.25) is 0 Å². The molecule has 1 heterocycles. The molecule has 1 atom stereocenters. The third kappa shape index (κ3) is 4.28. The number of rotatable bonds is 6. The van der Waals surface area contributed by atoms with Crippen molar-refractivity contribution in [1.82, 2.24) is 5.32 Å². The van der Waals surface area contributed by atoms with E-state index in [0.717, 1.165) is 5.56 Å². The van der Waals surface area contributed by atoms with E-state index >= 15 is 0 Å². The van der Waals surface area contributed by atoms with Crippen LogP contribution in [0, 0.1) is 0 Å². The summed E-state index contributed by atoms with van der Waals surface area (Å²) in [5.74, 6) is -0.204. The van der Waals surface area contributed by atoms with Crippen LogP contribution in [0.25, 0.3) is 0 Å². The number of thiophene rings is 1. The highest BCUT2D eigenvalue weighted by Gasteiger charge is 2.15. The van der Waals surface area contributed by atoms with Crippen LogP contribution in [0.2, 0.25) is 5.02 Å². The van der Waals surface area contributed by atoms with Crippen molar-refractivity contribution in [2.24, 2.45) is 0 Å². The molecule has 2 N–H and O–H groups in total. The minimum atomic E-state index is -0.767.